The second-order valence-corrected chi connectivity index (χ2v) is 6.96. The van der Waals surface area contributed by atoms with E-state index in [9.17, 15) is 8.42 Å². The van der Waals surface area contributed by atoms with Crippen LogP contribution in [0.1, 0.15) is 24.8 Å². The summed E-state index contributed by atoms with van der Waals surface area (Å²) in [6.07, 6.45) is 3.32. The maximum atomic E-state index is 12.4. The fourth-order valence-corrected chi connectivity index (χ4v) is 3.53. The molecule has 0 heterocycles. The summed E-state index contributed by atoms with van der Waals surface area (Å²) in [4.78, 5) is 0.0334. The Kier molecular flexibility index (Phi) is 3.78. The Balaban J connectivity index is 2.30. The van der Waals surface area contributed by atoms with Gasteiger partial charge in [-0.1, -0.05) is 6.42 Å². The first kappa shape index (κ1) is 13.8. The normalized spacial score (nSPS) is 16.1. The topological polar surface area (TPSA) is 87.2 Å². The van der Waals surface area contributed by atoms with E-state index < -0.39 is 10.0 Å². The van der Waals surface area contributed by atoms with Gasteiger partial charge in [0.05, 0.1) is 5.56 Å². The lowest BCUT2D eigenvalue weighted by atomic mass is 9.86. The van der Waals surface area contributed by atoms with E-state index in [-0.39, 0.29) is 10.5 Å². The van der Waals surface area contributed by atoms with Crippen molar-refractivity contribution in [2.24, 2.45) is 5.92 Å². The molecule has 2 rings (SSSR count). The van der Waals surface area contributed by atoms with Crippen LogP contribution in [0.2, 0.25) is 0 Å². The molecule has 6 heteroatoms. The summed E-state index contributed by atoms with van der Waals surface area (Å²) in [5, 5.41) is 9.04. The van der Waals surface area contributed by atoms with Gasteiger partial charge < -0.3 is 5.73 Å². The van der Waals surface area contributed by atoms with Gasteiger partial charge in [-0.3, -0.25) is 0 Å². The predicted octanol–water partition coefficient (Wildman–Crippen LogP) is 1.56. The van der Waals surface area contributed by atoms with Gasteiger partial charge in [-0.2, -0.15) is 5.26 Å². The third kappa shape index (κ3) is 2.72. The first-order chi connectivity index (χ1) is 8.95. The van der Waals surface area contributed by atoms with E-state index in [4.69, 9.17) is 11.0 Å². The predicted molar refractivity (Wildman–Crippen MR) is 72.7 cm³/mol. The molecular formula is C13H17N3O2S. The van der Waals surface area contributed by atoms with Gasteiger partial charge in [-0.15, -0.1) is 0 Å². The van der Waals surface area contributed by atoms with Gasteiger partial charge in [-0.25, -0.2) is 12.7 Å². The zero-order chi connectivity index (χ0) is 14.0. The van der Waals surface area contributed by atoms with Crippen LogP contribution in [0.25, 0.3) is 0 Å². The minimum absolute atomic E-state index is 0.0334. The molecule has 0 unspecified atom stereocenters. The van der Waals surface area contributed by atoms with E-state index in [0.29, 0.717) is 18.2 Å². The lowest BCUT2D eigenvalue weighted by Crippen LogP contribution is -2.34. The third-order valence-corrected chi connectivity index (χ3v) is 5.43. The average molecular weight is 279 g/mol. The average Bonchev–Trinajstić information content (AvgIpc) is 2.32. The van der Waals surface area contributed by atoms with Crippen molar-refractivity contribution in [3.63, 3.8) is 0 Å². The van der Waals surface area contributed by atoms with Crippen molar-refractivity contribution in [2.75, 3.05) is 19.3 Å². The van der Waals surface area contributed by atoms with E-state index in [1.54, 1.807) is 7.05 Å². The summed E-state index contributed by atoms with van der Waals surface area (Å²) in [5.74, 6) is 0.444. The number of benzene rings is 1. The molecule has 0 aromatic heterocycles. The van der Waals surface area contributed by atoms with E-state index >= 15 is 0 Å². The fourth-order valence-electron chi connectivity index (χ4n) is 2.16. The summed E-state index contributed by atoms with van der Waals surface area (Å²) in [6.45, 7) is 0.511. The zero-order valence-electron chi connectivity index (χ0n) is 10.8. The van der Waals surface area contributed by atoms with Crippen LogP contribution in [0, 0.1) is 17.2 Å². The number of hydrogen-bond acceptors (Lipinski definition) is 4. The molecule has 0 amide bonds. The number of sulfonamides is 1. The van der Waals surface area contributed by atoms with Gasteiger partial charge in [0.1, 0.15) is 11.0 Å². The van der Waals surface area contributed by atoms with Gasteiger partial charge in [0, 0.05) is 19.3 Å². The van der Waals surface area contributed by atoms with Gasteiger partial charge >= 0.3 is 0 Å². The molecule has 0 saturated heterocycles. The summed E-state index contributed by atoms with van der Waals surface area (Å²) >= 11 is 0. The molecule has 0 atom stereocenters. The van der Waals surface area contributed by atoms with Crippen molar-refractivity contribution in [1.29, 1.82) is 5.26 Å². The number of nitrogens with two attached hydrogens (primary N) is 1. The summed E-state index contributed by atoms with van der Waals surface area (Å²) < 4.78 is 26.2. The van der Waals surface area contributed by atoms with Crippen molar-refractivity contribution < 1.29 is 8.42 Å². The van der Waals surface area contributed by atoms with Crippen LogP contribution in [0.4, 0.5) is 5.69 Å². The molecule has 1 aromatic carbocycles. The van der Waals surface area contributed by atoms with Gasteiger partial charge in [0.15, 0.2) is 0 Å². The monoisotopic (exact) mass is 279 g/mol. The van der Waals surface area contributed by atoms with Crippen LogP contribution in [0.15, 0.2) is 23.1 Å². The Morgan fingerprint density at radius 2 is 2.16 bits per heavy atom. The molecule has 0 radical (unpaired) electrons. The van der Waals surface area contributed by atoms with Gasteiger partial charge in [0.2, 0.25) is 10.0 Å². The largest absolute Gasteiger partial charge is 0.399 e. The molecule has 5 nitrogen and oxygen atoms in total. The zero-order valence-corrected chi connectivity index (χ0v) is 11.7. The molecule has 1 fully saturated rings. The summed E-state index contributed by atoms with van der Waals surface area (Å²) in [6, 6.07) is 6.19. The van der Waals surface area contributed by atoms with Crippen LogP contribution >= 0.6 is 0 Å². The maximum Gasteiger partial charge on any atom is 0.244 e. The van der Waals surface area contributed by atoms with Crippen LogP contribution in [-0.2, 0) is 10.0 Å². The Morgan fingerprint density at radius 1 is 1.47 bits per heavy atom. The van der Waals surface area contributed by atoms with Crippen LogP contribution in [-0.4, -0.2) is 26.3 Å². The van der Waals surface area contributed by atoms with Crippen molar-refractivity contribution in [1.82, 2.24) is 4.31 Å². The SMILES string of the molecule is CN(CC1CCC1)S(=O)(=O)c1ccc(N)cc1C#N. The maximum absolute atomic E-state index is 12.4. The Labute approximate surface area is 113 Å². The molecule has 1 aromatic rings. The Bertz CT molecular complexity index is 615. The Hall–Kier alpha value is -1.58. The van der Waals surface area contributed by atoms with E-state index in [1.165, 1.54) is 28.9 Å². The molecule has 0 spiro atoms. The van der Waals surface area contributed by atoms with Crippen molar-refractivity contribution >= 4 is 15.7 Å². The Morgan fingerprint density at radius 3 is 2.68 bits per heavy atom. The second kappa shape index (κ2) is 5.19. The highest BCUT2D eigenvalue weighted by Gasteiger charge is 2.28. The van der Waals surface area contributed by atoms with E-state index in [1.807, 2.05) is 6.07 Å². The molecular weight excluding hydrogens is 262 g/mol. The van der Waals surface area contributed by atoms with Crippen molar-refractivity contribution in [3.8, 4) is 6.07 Å². The van der Waals surface area contributed by atoms with Gasteiger partial charge in [0.25, 0.3) is 0 Å². The quantitative estimate of drug-likeness (QED) is 0.847. The molecule has 2 N–H and O–H groups in total. The van der Waals surface area contributed by atoms with Crippen LogP contribution in [0.3, 0.4) is 0 Å². The number of nitrogen functional groups attached to an aromatic ring is 1. The fraction of sp³-hybridized carbons (Fsp3) is 0.462. The molecule has 1 saturated carbocycles. The molecule has 19 heavy (non-hydrogen) atoms. The highest BCUT2D eigenvalue weighted by molar-refractivity contribution is 7.89. The number of nitrogens with zero attached hydrogens (tertiary/aromatic N) is 2. The number of nitriles is 1. The van der Waals surface area contributed by atoms with Gasteiger partial charge in [-0.05, 0) is 37.0 Å². The number of hydrogen-bond donors (Lipinski definition) is 1. The van der Waals surface area contributed by atoms with Crippen molar-refractivity contribution in [2.45, 2.75) is 24.2 Å². The first-order valence-corrected chi connectivity index (χ1v) is 7.65. The third-order valence-electron chi connectivity index (χ3n) is 3.55. The smallest absolute Gasteiger partial charge is 0.244 e. The molecule has 102 valence electrons. The highest BCUT2D eigenvalue weighted by atomic mass is 32.2. The number of anilines is 1. The van der Waals surface area contributed by atoms with E-state index in [0.717, 1.165) is 12.8 Å². The lowest BCUT2D eigenvalue weighted by molar-refractivity contribution is 0.263. The van der Waals surface area contributed by atoms with Crippen LogP contribution < -0.4 is 5.73 Å². The second-order valence-electron chi connectivity index (χ2n) is 4.95. The summed E-state index contributed by atoms with van der Waals surface area (Å²) in [5.41, 5.74) is 6.06. The molecule has 1 aliphatic rings. The summed E-state index contributed by atoms with van der Waals surface area (Å²) in [7, 11) is -2.05. The van der Waals surface area contributed by atoms with Crippen molar-refractivity contribution in [3.05, 3.63) is 23.8 Å². The molecule has 1 aliphatic carbocycles. The number of rotatable bonds is 4. The minimum atomic E-state index is -3.61. The minimum Gasteiger partial charge on any atom is -0.399 e. The highest BCUT2D eigenvalue weighted by Crippen LogP contribution is 2.29. The molecule has 0 aliphatic heterocycles. The lowest BCUT2D eigenvalue weighted by Gasteiger charge is -2.29. The van der Waals surface area contributed by atoms with Crippen LogP contribution in [0.5, 0.6) is 0 Å². The standard InChI is InChI=1S/C13H17N3O2S/c1-16(9-10-3-2-4-10)19(17,18)13-6-5-12(15)7-11(13)8-14/h5-7,10H,2-4,9,15H2,1H3. The van der Waals surface area contributed by atoms with E-state index in [2.05, 4.69) is 0 Å². The molecule has 0 bridgehead atoms. The first-order valence-electron chi connectivity index (χ1n) is 6.21.